The van der Waals surface area contributed by atoms with E-state index in [2.05, 4.69) is 17.1 Å². The fraction of sp³-hybridized carbons (Fsp3) is 0.333. The van der Waals surface area contributed by atoms with Crippen LogP contribution in [0.25, 0.3) is 0 Å². The van der Waals surface area contributed by atoms with Crippen LogP contribution >= 0.6 is 11.3 Å². The van der Waals surface area contributed by atoms with E-state index in [1.807, 2.05) is 24.3 Å². The van der Waals surface area contributed by atoms with Crippen molar-refractivity contribution < 1.29 is 9.84 Å². The van der Waals surface area contributed by atoms with E-state index in [0.29, 0.717) is 10.2 Å². The first-order valence-electron chi connectivity index (χ1n) is 5.52. The smallest absolute Gasteiger partial charge is 0.299 e. The summed E-state index contributed by atoms with van der Waals surface area (Å²) in [7, 11) is 0. The molecular weight excluding hydrogens is 236 g/mol. The minimum Gasteiger partial charge on any atom is -0.430 e. The molecule has 0 saturated carbocycles. The van der Waals surface area contributed by atoms with E-state index in [-0.39, 0.29) is 6.61 Å². The molecule has 0 spiro atoms. The van der Waals surface area contributed by atoms with Crippen LogP contribution in [-0.4, -0.2) is 15.3 Å². The SMILES string of the molecule is CCCc1ccc(Oc2nnc(CO)s2)cc1. The summed E-state index contributed by atoms with van der Waals surface area (Å²) in [5.41, 5.74) is 1.30. The van der Waals surface area contributed by atoms with Crippen LogP contribution in [-0.2, 0) is 13.0 Å². The molecule has 4 nitrogen and oxygen atoms in total. The number of aliphatic hydroxyl groups excluding tert-OH is 1. The predicted octanol–water partition coefficient (Wildman–Crippen LogP) is 2.78. The van der Waals surface area contributed by atoms with Crippen molar-refractivity contribution in [1.82, 2.24) is 10.2 Å². The number of hydrogen-bond donors (Lipinski definition) is 1. The van der Waals surface area contributed by atoms with Crippen molar-refractivity contribution in [1.29, 1.82) is 0 Å². The highest BCUT2D eigenvalue weighted by atomic mass is 32.1. The largest absolute Gasteiger partial charge is 0.430 e. The molecule has 0 aliphatic rings. The predicted molar refractivity (Wildman–Crippen MR) is 66.3 cm³/mol. The molecule has 1 aromatic carbocycles. The molecule has 5 heteroatoms. The van der Waals surface area contributed by atoms with Gasteiger partial charge in [0.05, 0.1) is 6.61 Å². The molecule has 0 aliphatic carbocycles. The van der Waals surface area contributed by atoms with Gasteiger partial charge in [0.15, 0.2) is 0 Å². The monoisotopic (exact) mass is 250 g/mol. The van der Waals surface area contributed by atoms with Crippen LogP contribution in [0.5, 0.6) is 10.9 Å². The molecule has 0 bridgehead atoms. The third kappa shape index (κ3) is 3.25. The number of ether oxygens (including phenoxy) is 1. The highest BCUT2D eigenvalue weighted by Gasteiger charge is 2.05. The van der Waals surface area contributed by atoms with Crippen LogP contribution in [0.4, 0.5) is 0 Å². The number of aryl methyl sites for hydroxylation is 1. The lowest BCUT2D eigenvalue weighted by atomic mass is 10.1. The lowest BCUT2D eigenvalue weighted by Crippen LogP contribution is -1.86. The molecule has 1 aromatic heterocycles. The second-order valence-corrected chi connectivity index (χ2v) is 4.64. The van der Waals surface area contributed by atoms with Gasteiger partial charge in [-0.3, -0.25) is 0 Å². The summed E-state index contributed by atoms with van der Waals surface area (Å²) in [5, 5.41) is 17.5. The van der Waals surface area contributed by atoms with Crippen LogP contribution in [0.1, 0.15) is 23.9 Å². The highest BCUT2D eigenvalue weighted by Crippen LogP contribution is 2.25. The van der Waals surface area contributed by atoms with Gasteiger partial charge in [0.2, 0.25) is 0 Å². The van der Waals surface area contributed by atoms with Gasteiger partial charge in [0.1, 0.15) is 10.8 Å². The number of aliphatic hydroxyl groups is 1. The Morgan fingerprint density at radius 2 is 2.00 bits per heavy atom. The van der Waals surface area contributed by atoms with Crippen LogP contribution in [0.15, 0.2) is 24.3 Å². The van der Waals surface area contributed by atoms with Crippen molar-refractivity contribution in [2.45, 2.75) is 26.4 Å². The zero-order chi connectivity index (χ0) is 12.1. The maximum atomic E-state index is 8.86. The van der Waals surface area contributed by atoms with E-state index in [9.17, 15) is 0 Å². The summed E-state index contributed by atoms with van der Waals surface area (Å²) in [5.74, 6) is 0.741. The summed E-state index contributed by atoms with van der Waals surface area (Å²) in [6, 6.07) is 7.94. The van der Waals surface area contributed by atoms with E-state index < -0.39 is 0 Å². The van der Waals surface area contributed by atoms with E-state index in [4.69, 9.17) is 9.84 Å². The number of rotatable bonds is 5. The second kappa shape index (κ2) is 5.75. The van der Waals surface area contributed by atoms with Gasteiger partial charge in [-0.05, 0) is 24.1 Å². The fourth-order valence-corrected chi connectivity index (χ4v) is 2.02. The molecule has 0 amide bonds. The van der Waals surface area contributed by atoms with E-state index in [1.165, 1.54) is 16.9 Å². The average Bonchev–Trinajstić information content (AvgIpc) is 2.80. The van der Waals surface area contributed by atoms with Gasteiger partial charge in [0, 0.05) is 0 Å². The van der Waals surface area contributed by atoms with Gasteiger partial charge in [-0.1, -0.05) is 41.9 Å². The first-order valence-corrected chi connectivity index (χ1v) is 6.33. The van der Waals surface area contributed by atoms with E-state index in [1.54, 1.807) is 0 Å². The summed E-state index contributed by atoms with van der Waals surface area (Å²) in [6.45, 7) is 2.05. The Labute approximate surface area is 104 Å². The molecule has 0 aliphatic heterocycles. The zero-order valence-corrected chi connectivity index (χ0v) is 10.4. The topological polar surface area (TPSA) is 55.2 Å². The van der Waals surface area contributed by atoms with Crippen molar-refractivity contribution in [3.05, 3.63) is 34.8 Å². The summed E-state index contributed by atoms with van der Waals surface area (Å²) in [4.78, 5) is 0. The van der Waals surface area contributed by atoms with Gasteiger partial charge < -0.3 is 9.84 Å². The lowest BCUT2D eigenvalue weighted by molar-refractivity contribution is 0.280. The van der Waals surface area contributed by atoms with Gasteiger partial charge in [-0.25, -0.2) is 0 Å². The molecule has 90 valence electrons. The first kappa shape index (κ1) is 12.0. The lowest BCUT2D eigenvalue weighted by Gasteiger charge is -2.02. The summed E-state index contributed by atoms with van der Waals surface area (Å²) >= 11 is 1.25. The van der Waals surface area contributed by atoms with Crippen molar-refractivity contribution in [3.8, 4) is 10.9 Å². The van der Waals surface area contributed by atoms with E-state index in [0.717, 1.165) is 18.6 Å². The molecule has 2 aromatic rings. The normalized spacial score (nSPS) is 10.5. The molecule has 1 N–H and O–H groups in total. The Kier molecular flexibility index (Phi) is 4.06. The standard InChI is InChI=1S/C12H14N2O2S/c1-2-3-9-4-6-10(7-5-9)16-12-14-13-11(8-15)17-12/h4-7,15H,2-3,8H2,1H3. The molecule has 0 atom stereocenters. The molecule has 0 saturated heterocycles. The molecule has 0 radical (unpaired) electrons. The van der Waals surface area contributed by atoms with Gasteiger partial charge in [-0.2, -0.15) is 0 Å². The molecule has 0 fully saturated rings. The van der Waals surface area contributed by atoms with Crippen molar-refractivity contribution in [3.63, 3.8) is 0 Å². The van der Waals surface area contributed by atoms with Gasteiger partial charge >= 0.3 is 0 Å². The van der Waals surface area contributed by atoms with Crippen LogP contribution in [0.2, 0.25) is 0 Å². The Hall–Kier alpha value is -1.46. The quantitative estimate of drug-likeness (QED) is 0.886. The number of aromatic nitrogens is 2. The fourth-order valence-electron chi connectivity index (χ4n) is 1.46. The minimum absolute atomic E-state index is 0.101. The number of benzene rings is 1. The number of nitrogens with zero attached hydrogens (tertiary/aromatic N) is 2. The Morgan fingerprint density at radius 3 is 2.59 bits per heavy atom. The van der Waals surface area contributed by atoms with Crippen LogP contribution in [0, 0.1) is 0 Å². The molecule has 1 heterocycles. The molecular formula is C12H14N2O2S. The maximum Gasteiger partial charge on any atom is 0.299 e. The Morgan fingerprint density at radius 1 is 1.24 bits per heavy atom. The maximum absolute atomic E-state index is 8.86. The van der Waals surface area contributed by atoms with Crippen molar-refractivity contribution in [2.75, 3.05) is 0 Å². The average molecular weight is 250 g/mol. The molecule has 17 heavy (non-hydrogen) atoms. The molecule has 0 unspecified atom stereocenters. The first-order chi connectivity index (χ1) is 8.31. The summed E-state index contributed by atoms with van der Waals surface area (Å²) < 4.78 is 5.53. The molecule has 2 rings (SSSR count). The van der Waals surface area contributed by atoms with Gasteiger partial charge in [-0.15, -0.1) is 5.10 Å². The third-order valence-electron chi connectivity index (χ3n) is 2.25. The third-order valence-corrected chi connectivity index (χ3v) is 3.04. The zero-order valence-electron chi connectivity index (χ0n) is 9.59. The van der Waals surface area contributed by atoms with Crippen molar-refractivity contribution in [2.24, 2.45) is 0 Å². The number of hydrogen-bond acceptors (Lipinski definition) is 5. The van der Waals surface area contributed by atoms with Crippen LogP contribution in [0.3, 0.4) is 0 Å². The Balaban J connectivity index is 2.03. The van der Waals surface area contributed by atoms with Gasteiger partial charge in [0.25, 0.3) is 5.19 Å². The highest BCUT2D eigenvalue weighted by molar-refractivity contribution is 7.13. The van der Waals surface area contributed by atoms with E-state index >= 15 is 0 Å². The van der Waals surface area contributed by atoms with Crippen molar-refractivity contribution >= 4 is 11.3 Å². The van der Waals surface area contributed by atoms with Crippen LogP contribution < -0.4 is 4.74 Å². The minimum atomic E-state index is -0.101. The Bertz CT molecular complexity index is 468. The summed E-state index contributed by atoms with van der Waals surface area (Å²) in [6.07, 6.45) is 2.21. The second-order valence-electron chi connectivity index (χ2n) is 3.62.